The predicted octanol–water partition coefficient (Wildman–Crippen LogP) is 2.78. The van der Waals surface area contributed by atoms with Gasteiger partial charge in [0.1, 0.15) is 5.82 Å². The van der Waals surface area contributed by atoms with Gasteiger partial charge in [0.05, 0.1) is 11.0 Å². The van der Waals surface area contributed by atoms with Gasteiger partial charge < -0.3 is 20.1 Å². The monoisotopic (exact) mass is 370 g/mol. The summed E-state index contributed by atoms with van der Waals surface area (Å²) in [5.74, 6) is 2.01. The minimum atomic E-state index is 0.811. The number of hydrogen-bond acceptors (Lipinski definition) is 3. The van der Waals surface area contributed by atoms with Crippen LogP contribution in [0.15, 0.2) is 29.3 Å². The molecule has 1 fully saturated rings. The van der Waals surface area contributed by atoms with Crippen LogP contribution in [0.2, 0.25) is 0 Å². The third-order valence-electron chi connectivity index (χ3n) is 5.17. The van der Waals surface area contributed by atoms with Gasteiger partial charge in [0.25, 0.3) is 0 Å². The molecule has 0 aliphatic carbocycles. The van der Waals surface area contributed by atoms with Crippen molar-refractivity contribution < 1.29 is 0 Å². The second-order valence-electron chi connectivity index (χ2n) is 7.24. The molecule has 2 N–H and O–H groups in total. The molecule has 1 aromatic carbocycles. The number of rotatable bonds is 8. The van der Waals surface area contributed by atoms with E-state index in [2.05, 4.69) is 57.1 Å². The highest BCUT2D eigenvalue weighted by molar-refractivity contribution is 5.79. The van der Waals surface area contributed by atoms with Crippen molar-refractivity contribution in [3.05, 3.63) is 30.1 Å². The molecule has 0 unspecified atom stereocenters. The number of aryl methyl sites for hydroxylation is 2. The highest BCUT2D eigenvalue weighted by atomic mass is 15.2. The highest BCUT2D eigenvalue weighted by Gasteiger charge is 2.09. The van der Waals surface area contributed by atoms with Gasteiger partial charge in [-0.1, -0.05) is 18.6 Å². The molecular formula is C21H34N6. The number of benzene rings is 1. The average Bonchev–Trinajstić information content (AvgIpc) is 3.01. The Hall–Kier alpha value is -2.08. The van der Waals surface area contributed by atoms with Gasteiger partial charge in [0, 0.05) is 32.7 Å². The molecule has 0 amide bonds. The van der Waals surface area contributed by atoms with Crippen LogP contribution in [-0.4, -0.2) is 59.7 Å². The summed E-state index contributed by atoms with van der Waals surface area (Å²) in [6, 6.07) is 8.34. The molecule has 2 aromatic rings. The van der Waals surface area contributed by atoms with Crippen molar-refractivity contribution in [2.45, 2.75) is 46.1 Å². The first-order valence-corrected chi connectivity index (χ1v) is 10.4. The minimum Gasteiger partial charge on any atom is -0.357 e. The van der Waals surface area contributed by atoms with Gasteiger partial charge in [-0.25, -0.2) is 4.98 Å². The van der Waals surface area contributed by atoms with Crippen LogP contribution < -0.4 is 10.6 Å². The van der Waals surface area contributed by atoms with Crippen LogP contribution in [0.3, 0.4) is 0 Å². The van der Waals surface area contributed by atoms with E-state index in [-0.39, 0.29) is 0 Å². The van der Waals surface area contributed by atoms with Gasteiger partial charge in [-0.2, -0.15) is 0 Å². The Morgan fingerprint density at radius 2 is 1.93 bits per heavy atom. The molecule has 148 valence electrons. The van der Waals surface area contributed by atoms with Gasteiger partial charge in [0.15, 0.2) is 5.96 Å². The second-order valence-corrected chi connectivity index (χ2v) is 7.24. The summed E-state index contributed by atoms with van der Waals surface area (Å²) in [6.45, 7) is 11.4. The Kier molecular flexibility index (Phi) is 7.51. The van der Waals surface area contributed by atoms with Gasteiger partial charge >= 0.3 is 0 Å². The number of aromatic nitrogens is 2. The lowest BCUT2D eigenvalue weighted by molar-refractivity contribution is 0.232. The lowest BCUT2D eigenvalue weighted by Crippen LogP contribution is -2.42. The summed E-state index contributed by atoms with van der Waals surface area (Å²) in [7, 11) is 0. The van der Waals surface area contributed by atoms with E-state index in [0.717, 1.165) is 56.4 Å². The van der Waals surface area contributed by atoms with Crippen molar-refractivity contribution in [3.63, 3.8) is 0 Å². The van der Waals surface area contributed by atoms with Crippen molar-refractivity contribution in [1.29, 1.82) is 0 Å². The first-order chi connectivity index (χ1) is 13.3. The topological polar surface area (TPSA) is 57.5 Å². The number of hydrogen-bond donors (Lipinski definition) is 2. The van der Waals surface area contributed by atoms with E-state index in [1.165, 1.54) is 37.9 Å². The number of imidazole rings is 1. The third-order valence-corrected chi connectivity index (χ3v) is 5.17. The number of fused-ring (bicyclic) bond motifs is 1. The maximum Gasteiger partial charge on any atom is 0.191 e. The van der Waals surface area contributed by atoms with Crippen LogP contribution in [0, 0.1) is 6.92 Å². The molecule has 0 atom stereocenters. The van der Waals surface area contributed by atoms with E-state index < -0.39 is 0 Å². The Morgan fingerprint density at radius 1 is 1.11 bits per heavy atom. The number of piperidine rings is 1. The van der Waals surface area contributed by atoms with Gasteiger partial charge in [0.2, 0.25) is 0 Å². The zero-order chi connectivity index (χ0) is 18.9. The second kappa shape index (κ2) is 10.3. The summed E-state index contributed by atoms with van der Waals surface area (Å²) in [5, 5.41) is 6.84. The fourth-order valence-electron chi connectivity index (χ4n) is 3.76. The van der Waals surface area contributed by atoms with Gasteiger partial charge in [-0.15, -0.1) is 0 Å². The highest BCUT2D eigenvalue weighted by Crippen LogP contribution is 2.15. The minimum absolute atomic E-state index is 0.811. The number of likely N-dealkylation sites (tertiary alicyclic amines) is 1. The number of nitrogens with zero attached hydrogens (tertiary/aromatic N) is 4. The van der Waals surface area contributed by atoms with Crippen LogP contribution in [0.5, 0.6) is 0 Å². The SMILES string of the molecule is CCNC(=NCCCn1c(C)nc2ccccc21)NCCN1CCCCC1. The van der Waals surface area contributed by atoms with E-state index in [1.807, 2.05) is 6.07 Å². The number of aliphatic imine (C=N–C) groups is 1. The van der Waals surface area contributed by atoms with Crippen LogP contribution >= 0.6 is 0 Å². The summed E-state index contributed by atoms with van der Waals surface area (Å²) < 4.78 is 2.29. The smallest absolute Gasteiger partial charge is 0.191 e. The number of guanidine groups is 1. The molecule has 1 aliphatic heterocycles. The van der Waals surface area contributed by atoms with Gasteiger partial charge in [-0.05, 0) is 58.3 Å². The molecule has 0 radical (unpaired) electrons. The lowest BCUT2D eigenvalue weighted by Gasteiger charge is -2.26. The third kappa shape index (κ3) is 5.70. The van der Waals surface area contributed by atoms with Crippen molar-refractivity contribution in [2.24, 2.45) is 4.99 Å². The quantitative estimate of drug-likeness (QED) is 0.426. The molecule has 1 aliphatic rings. The summed E-state index contributed by atoms with van der Waals surface area (Å²) in [6.07, 6.45) is 5.08. The predicted molar refractivity (Wildman–Crippen MR) is 113 cm³/mol. The van der Waals surface area contributed by atoms with Crippen molar-refractivity contribution >= 4 is 17.0 Å². The van der Waals surface area contributed by atoms with E-state index >= 15 is 0 Å². The fraction of sp³-hybridized carbons (Fsp3) is 0.619. The van der Waals surface area contributed by atoms with E-state index in [1.54, 1.807) is 0 Å². The zero-order valence-electron chi connectivity index (χ0n) is 16.9. The van der Waals surface area contributed by atoms with Crippen LogP contribution in [0.4, 0.5) is 0 Å². The first-order valence-electron chi connectivity index (χ1n) is 10.4. The van der Waals surface area contributed by atoms with E-state index in [4.69, 9.17) is 4.99 Å². The Morgan fingerprint density at radius 3 is 2.74 bits per heavy atom. The van der Waals surface area contributed by atoms with Crippen molar-refractivity contribution in [2.75, 3.05) is 39.3 Å². The molecule has 2 heterocycles. The maximum atomic E-state index is 4.75. The molecule has 1 aromatic heterocycles. The van der Waals surface area contributed by atoms with Gasteiger partial charge in [-0.3, -0.25) is 4.99 Å². The van der Waals surface area contributed by atoms with Crippen molar-refractivity contribution in [3.8, 4) is 0 Å². The molecule has 1 saturated heterocycles. The van der Waals surface area contributed by atoms with E-state index in [0.29, 0.717) is 0 Å². The molecular weight excluding hydrogens is 336 g/mol. The summed E-state index contributed by atoms with van der Waals surface area (Å²) in [5.41, 5.74) is 2.29. The molecule has 0 bridgehead atoms. The Bertz CT molecular complexity index is 729. The van der Waals surface area contributed by atoms with Crippen molar-refractivity contribution in [1.82, 2.24) is 25.1 Å². The average molecular weight is 371 g/mol. The molecule has 3 rings (SSSR count). The molecule has 0 saturated carbocycles. The van der Waals surface area contributed by atoms with Crippen LogP contribution in [-0.2, 0) is 6.54 Å². The number of nitrogens with one attached hydrogen (secondary N) is 2. The summed E-state index contributed by atoms with van der Waals surface area (Å²) >= 11 is 0. The lowest BCUT2D eigenvalue weighted by atomic mass is 10.1. The van der Waals surface area contributed by atoms with E-state index in [9.17, 15) is 0 Å². The largest absolute Gasteiger partial charge is 0.357 e. The molecule has 6 nitrogen and oxygen atoms in total. The molecule has 0 spiro atoms. The molecule has 27 heavy (non-hydrogen) atoms. The maximum absolute atomic E-state index is 4.75. The Labute approximate surface area is 163 Å². The fourth-order valence-corrected chi connectivity index (χ4v) is 3.76. The number of para-hydroxylation sites is 2. The first kappa shape index (κ1) is 19.7. The normalized spacial score (nSPS) is 16.0. The molecule has 6 heteroatoms. The van der Waals surface area contributed by atoms with Crippen LogP contribution in [0.1, 0.15) is 38.4 Å². The van der Waals surface area contributed by atoms with Crippen LogP contribution in [0.25, 0.3) is 11.0 Å². The zero-order valence-corrected chi connectivity index (χ0v) is 16.9. The summed E-state index contributed by atoms with van der Waals surface area (Å²) in [4.78, 5) is 11.9. The standard InChI is InChI=1S/C21H34N6/c1-3-22-21(24-13-17-26-14-7-4-8-15-26)23-12-9-16-27-18(2)25-19-10-5-6-11-20(19)27/h5-6,10-11H,3-4,7-9,12-17H2,1-2H3,(H2,22,23,24). The Balaban J connectivity index is 1.45.